The zero-order valence-electron chi connectivity index (χ0n) is 10.0. The molecule has 1 N–H and O–H groups in total. The van der Waals surface area contributed by atoms with Gasteiger partial charge in [0.2, 0.25) is 0 Å². The van der Waals surface area contributed by atoms with E-state index in [0.717, 1.165) is 24.5 Å². The molecule has 0 atom stereocenters. The normalized spacial score (nSPS) is 9.88. The zero-order chi connectivity index (χ0) is 12.0. The van der Waals surface area contributed by atoms with Crippen LogP contribution in [0.1, 0.15) is 23.9 Å². The lowest BCUT2D eigenvalue weighted by atomic mass is 10.2. The third kappa shape index (κ3) is 3.21. The van der Waals surface area contributed by atoms with E-state index in [1.54, 1.807) is 6.07 Å². The molecular weight excluding hydrogens is 202 g/mol. The minimum absolute atomic E-state index is 0.530. The van der Waals surface area contributed by atoms with Crippen LogP contribution >= 0.6 is 0 Å². The number of aryl methyl sites for hydroxylation is 2. The Morgan fingerprint density at radius 3 is 2.88 bits per heavy atom. The van der Waals surface area contributed by atoms with E-state index in [2.05, 4.69) is 16.4 Å². The van der Waals surface area contributed by atoms with Crippen LogP contribution < -0.4 is 10.1 Å². The smallest absolute Gasteiger partial charge is 0.140 e. The molecule has 0 saturated heterocycles. The first kappa shape index (κ1) is 12.5. The molecule has 1 rings (SSSR count). The summed E-state index contributed by atoms with van der Waals surface area (Å²) in [7, 11) is 0. The predicted molar refractivity (Wildman–Crippen MR) is 62.5 cm³/mol. The minimum Gasteiger partial charge on any atom is -0.491 e. The predicted octanol–water partition coefficient (Wildman–Crippen LogP) is 1.56. The fourth-order valence-corrected chi connectivity index (χ4v) is 1.45. The van der Waals surface area contributed by atoms with Gasteiger partial charge in [-0.15, -0.1) is 0 Å². The van der Waals surface area contributed by atoms with E-state index in [1.807, 2.05) is 20.8 Å². The number of aromatic nitrogens is 1. The van der Waals surface area contributed by atoms with Gasteiger partial charge in [-0.2, -0.15) is 5.26 Å². The van der Waals surface area contributed by atoms with Crippen molar-refractivity contribution < 1.29 is 4.74 Å². The van der Waals surface area contributed by atoms with E-state index >= 15 is 0 Å². The highest BCUT2D eigenvalue weighted by atomic mass is 16.5. The van der Waals surface area contributed by atoms with Gasteiger partial charge < -0.3 is 10.1 Å². The molecule has 0 radical (unpaired) electrons. The molecule has 1 aromatic rings. The quantitative estimate of drug-likeness (QED) is 0.763. The van der Waals surface area contributed by atoms with Gasteiger partial charge in [0.15, 0.2) is 0 Å². The third-order valence-electron chi connectivity index (χ3n) is 2.19. The molecule has 0 aromatic carbocycles. The summed E-state index contributed by atoms with van der Waals surface area (Å²) in [5.74, 6) is 0.630. The van der Waals surface area contributed by atoms with Crippen molar-refractivity contribution in [3.05, 3.63) is 23.0 Å². The number of likely N-dealkylation sites (N-methyl/N-ethyl adjacent to an activating group) is 1. The average Bonchev–Trinajstić information content (AvgIpc) is 2.24. The molecule has 4 heteroatoms. The van der Waals surface area contributed by atoms with Crippen molar-refractivity contribution in [1.29, 1.82) is 5.26 Å². The highest BCUT2D eigenvalue weighted by molar-refractivity contribution is 5.46. The third-order valence-corrected chi connectivity index (χ3v) is 2.19. The second kappa shape index (κ2) is 6.09. The van der Waals surface area contributed by atoms with Crippen LogP contribution in [0.5, 0.6) is 5.75 Å². The maximum absolute atomic E-state index is 9.01. The van der Waals surface area contributed by atoms with Gasteiger partial charge in [0.1, 0.15) is 24.0 Å². The summed E-state index contributed by atoms with van der Waals surface area (Å²) in [5.41, 5.74) is 2.12. The zero-order valence-corrected chi connectivity index (χ0v) is 10.0. The molecule has 4 nitrogen and oxygen atoms in total. The fraction of sp³-hybridized carbons (Fsp3) is 0.500. The van der Waals surface area contributed by atoms with Crippen molar-refractivity contribution in [1.82, 2.24) is 10.3 Å². The molecular formula is C12H17N3O. The van der Waals surface area contributed by atoms with Gasteiger partial charge in [-0.25, -0.2) is 0 Å². The van der Waals surface area contributed by atoms with Crippen LogP contribution in [0.25, 0.3) is 0 Å². The van der Waals surface area contributed by atoms with E-state index in [4.69, 9.17) is 10.00 Å². The summed E-state index contributed by atoms with van der Waals surface area (Å²) in [6.07, 6.45) is 0. The number of rotatable bonds is 5. The monoisotopic (exact) mass is 219 g/mol. The highest BCUT2D eigenvalue weighted by Gasteiger charge is 2.08. The number of hydrogen-bond acceptors (Lipinski definition) is 4. The minimum atomic E-state index is 0.530. The van der Waals surface area contributed by atoms with Crippen LogP contribution in [0.2, 0.25) is 0 Å². The van der Waals surface area contributed by atoms with Crippen molar-refractivity contribution >= 4 is 0 Å². The standard InChI is InChI=1S/C12H17N3O/c1-4-14-5-6-16-12-7-9(2)15-10(3)11(12)8-13/h7,14H,4-6H2,1-3H3. The summed E-state index contributed by atoms with van der Waals surface area (Å²) in [5, 5.41) is 12.2. The Kier molecular flexibility index (Phi) is 4.74. The molecule has 0 unspecified atom stereocenters. The average molecular weight is 219 g/mol. The molecule has 0 fully saturated rings. The van der Waals surface area contributed by atoms with Crippen LogP contribution in [0.3, 0.4) is 0 Å². The van der Waals surface area contributed by atoms with Gasteiger partial charge in [-0.3, -0.25) is 4.98 Å². The summed E-state index contributed by atoms with van der Waals surface area (Å²) < 4.78 is 5.57. The van der Waals surface area contributed by atoms with Crippen molar-refractivity contribution in [2.24, 2.45) is 0 Å². The molecule has 0 spiro atoms. The Labute approximate surface area is 96.3 Å². The Morgan fingerprint density at radius 1 is 1.50 bits per heavy atom. The summed E-state index contributed by atoms with van der Waals surface area (Å²) in [6, 6.07) is 3.93. The lowest BCUT2D eigenvalue weighted by molar-refractivity contribution is 0.313. The topological polar surface area (TPSA) is 57.9 Å². The summed E-state index contributed by atoms with van der Waals surface area (Å²) in [6.45, 7) is 8.02. The van der Waals surface area contributed by atoms with Gasteiger partial charge in [0.25, 0.3) is 0 Å². The first-order valence-electron chi connectivity index (χ1n) is 5.41. The SMILES string of the molecule is CCNCCOc1cc(C)nc(C)c1C#N. The lowest BCUT2D eigenvalue weighted by Crippen LogP contribution is -2.20. The van der Waals surface area contributed by atoms with Crippen LogP contribution in [0.15, 0.2) is 6.07 Å². The Hall–Kier alpha value is -1.60. The molecule has 1 aromatic heterocycles. The van der Waals surface area contributed by atoms with Crippen molar-refractivity contribution in [2.45, 2.75) is 20.8 Å². The van der Waals surface area contributed by atoms with Crippen molar-refractivity contribution in [3.8, 4) is 11.8 Å². The molecule has 16 heavy (non-hydrogen) atoms. The molecule has 0 aliphatic rings. The molecule has 86 valence electrons. The Bertz CT molecular complexity index is 396. The van der Waals surface area contributed by atoms with E-state index in [0.29, 0.717) is 17.9 Å². The van der Waals surface area contributed by atoms with E-state index in [-0.39, 0.29) is 0 Å². The van der Waals surface area contributed by atoms with Crippen LogP contribution in [-0.4, -0.2) is 24.7 Å². The van der Waals surface area contributed by atoms with Gasteiger partial charge >= 0.3 is 0 Å². The second-order valence-electron chi connectivity index (χ2n) is 3.54. The van der Waals surface area contributed by atoms with E-state index in [9.17, 15) is 0 Å². The maximum Gasteiger partial charge on any atom is 0.140 e. The van der Waals surface area contributed by atoms with Gasteiger partial charge in [-0.05, 0) is 20.4 Å². The van der Waals surface area contributed by atoms with Gasteiger partial charge in [-0.1, -0.05) is 6.92 Å². The second-order valence-corrected chi connectivity index (χ2v) is 3.54. The number of nitrogens with one attached hydrogen (secondary N) is 1. The first-order valence-corrected chi connectivity index (χ1v) is 5.41. The fourth-order valence-electron chi connectivity index (χ4n) is 1.45. The Morgan fingerprint density at radius 2 is 2.25 bits per heavy atom. The van der Waals surface area contributed by atoms with Gasteiger partial charge in [0.05, 0.1) is 5.69 Å². The molecule has 1 heterocycles. The van der Waals surface area contributed by atoms with Crippen LogP contribution in [-0.2, 0) is 0 Å². The number of pyridine rings is 1. The largest absolute Gasteiger partial charge is 0.491 e. The maximum atomic E-state index is 9.01. The molecule has 0 bridgehead atoms. The summed E-state index contributed by atoms with van der Waals surface area (Å²) >= 11 is 0. The molecule has 0 saturated carbocycles. The number of hydrogen-bond donors (Lipinski definition) is 1. The van der Waals surface area contributed by atoms with Crippen LogP contribution in [0.4, 0.5) is 0 Å². The van der Waals surface area contributed by atoms with Crippen LogP contribution in [0, 0.1) is 25.2 Å². The molecule has 0 aliphatic carbocycles. The first-order chi connectivity index (χ1) is 7.69. The highest BCUT2D eigenvalue weighted by Crippen LogP contribution is 2.20. The summed E-state index contributed by atoms with van der Waals surface area (Å²) in [4.78, 5) is 4.23. The molecule has 0 amide bonds. The lowest BCUT2D eigenvalue weighted by Gasteiger charge is -2.10. The number of nitriles is 1. The number of ether oxygens (including phenoxy) is 1. The molecule has 0 aliphatic heterocycles. The Balaban J connectivity index is 2.75. The van der Waals surface area contributed by atoms with Crippen molar-refractivity contribution in [2.75, 3.05) is 19.7 Å². The van der Waals surface area contributed by atoms with E-state index < -0.39 is 0 Å². The van der Waals surface area contributed by atoms with Gasteiger partial charge in [0, 0.05) is 18.3 Å². The van der Waals surface area contributed by atoms with Crippen molar-refractivity contribution in [3.63, 3.8) is 0 Å². The van der Waals surface area contributed by atoms with E-state index in [1.165, 1.54) is 0 Å². The number of nitrogens with zero attached hydrogens (tertiary/aromatic N) is 2.